The zero-order valence-electron chi connectivity index (χ0n) is 9.12. The molecule has 84 valence electrons. The van der Waals surface area contributed by atoms with Crippen molar-refractivity contribution in [2.75, 3.05) is 0 Å². The lowest BCUT2D eigenvalue weighted by Crippen LogP contribution is -2.15. The quantitative estimate of drug-likeness (QED) is 0.862. The molecule has 4 nitrogen and oxygen atoms in total. The Morgan fingerprint density at radius 2 is 2.44 bits per heavy atom. The second-order valence-electron chi connectivity index (χ2n) is 4.05. The van der Waals surface area contributed by atoms with Crippen LogP contribution in [0.5, 0.6) is 0 Å². The van der Waals surface area contributed by atoms with E-state index in [1.165, 1.54) is 0 Å². The van der Waals surface area contributed by atoms with Gasteiger partial charge in [0.1, 0.15) is 5.65 Å². The number of hydrogen-bond donors (Lipinski definition) is 1. The van der Waals surface area contributed by atoms with Gasteiger partial charge in [0, 0.05) is 23.1 Å². The SMILES string of the molecule is CCCc1cc2[nH]c(=O)c3c(n2n1)CSC3. The monoisotopic (exact) mass is 235 g/mol. The molecule has 1 N–H and O–H groups in total. The van der Waals surface area contributed by atoms with Crippen LogP contribution in [0.25, 0.3) is 5.65 Å². The molecule has 0 amide bonds. The van der Waals surface area contributed by atoms with Crippen molar-refractivity contribution in [1.29, 1.82) is 0 Å². The number of fused-ring (bicyclic) bond motifs is 3. The van der Waals surface area contributed by atoms with Gasteiger partial charge in [-0.05, 0) is 6.42 Å². The Morgan fingerprint density at radius 3 is 3.25 bits per heavy atom. The smallest absolute Gasteiger partial charge is 0.255 e. The van der Waals surface area contributed by atoms with E-state index in [-0.39, 0.29) is 5.56 Å². The maximum Gasteiger partial charge on any atom is 0.255 e. The molecular formula is C11H13N3OS. The van der Waals surface area contributed by atoms with E-state index in [0.717, 1.165) is 46.9 Å². The van der Waals surface area contributed by atoms with Crippen LogP contribution in [0.15, 0.2) is 10.9 Å². The highest BCUT2D eigenvalue weighted by Gasteiger charge is 2.19. The first kappa shape index (κ1) is 9.96. The van der Waals surface area contributed by atoms with Crippen LogP contribution >= 0.6 is 11.8 Å². The minimum absolute atomic E-state index is 0.0513. The third-order valence-corrected chi connectivity index (χ3v) is 3.84. The molecule has 0 fully saturated rings. The van der Waals surface area contributed by atoms with Crippen LogP contribution in [0.4, 0.5) is 0 Å². The van der Waals surface area contributed by atoms with E-state index in [2.05, 4.69) is 17.0 Å². The van der Waals surface area contributed by atoms with Gasteiger partial charge in [-0.3, -0.25) is 4.79 Å². The average Bonchev–Trinajstić information content (AvgIpc) is 2.83. The lowest BCUT2D eigenvalue weighted by Gasteiger charge is -2.00. The standard InChI is InChI=1S/C11H13N3OS/c1-2-3-7-4-10-12-11(15)8-5-16-6-9(8)14(10)13-7/h4H,2-3,5-6H2,1H3,(H,12,15). The number of aromatic amines is 1. The second kappa shape index (κ2) is 3.66. The van der Waals surface area contributed by atoms with Crippen molar-refractivity contribution in [3.63, 3.8) is 0 Å². The molecule has 0 radical (unpaired) electrons. The molecular weight excluding hydrogens is 222 g/mol. The van der Waals surface area contributed by atoms with Crippen molar-refractivity contribution in [2.45, 2.75) is 31.3 Å². The molecule has 0 saturated carbocycles. The second-order valence-corrected chi connectivity index (χ2v) is 5.04. The van der Waals surface area contributed by atoms with Crippen LogP contribution in [-0.4, -0.2) is 14.6 Å². The maximum atomic E-state index is 11.8. The van der Waals surface area contributed by atoms with E-state index in [0.29, 0.717) is 0 Å². The molecule has 1 aliphatic heterocycles. The van der Waals surface area contributed by atoms with Gasteiger partial charge in [-0.25, -0.2) is 4.52 Å². The highest BCUT2D eigenvalue weighted by atomic mass is 32.2. The van der Waals surface area contributed by atoms with Gasteiger partial charge >= 0.3 is 0 Å². The number of nitrogens with one attached hydrogen (secondary N) is 1. The zero-order valence-corrected chi connectivity index (χ0v) is 9.93. The topological polar surface area (TPSA) is 50.2 Å². The van der Waals surface area contributed by atoms with Crippen molar-refractivity contribution in [3.05, 3.63) is 33.4 Å². The largest absolute Gasteiger partial charge is 0.307 e. The van der Waals surface area contributed by atoms with Crippen LogP contribution in [0, 0.1) is 0 Å². The minimum Gasteiger partial charge on any atom is -0.307 e. The van der Waals surface area contributed by atoms with Gasteiger partial charge in [0.05, 0.1) is 11.4 Å². The molecule has 0 bridgehead atoms. The van der Waals surface area contributed by atoms with Crippen molar-refractivity contribution < 1.29 is 0 Å². The summed E-state index contributed by atoms with van der Waals surface area (Å²) in [5, 5.41) is 4.55. The molecule has 0 atom stereocenters. The summed E-state index contributed by atoms with van der Waals surface area (Å²) in [6, 6.07) is 1.98. The van der Waals surface area contributed by atoms with Crippen molar-refractivity contribution >= 4 is 17.4 Å². The van der Waals surface area contributed by atoms with Gasteiger partial charge in [0.15, 0.2) is 0 Å². The molecule has 5 heteroatoms. The average molecular weight is 235 g/mol. The van der Waals surface area contributed by atoms with E-state index in [1.807, 2.05) is 10.6 Å². The van der Waals surface area contributed by atoms with Crippen LogP contribution in [0.1, 0.15) is 30.3 Å². The first-order valence-electron chi connectivity index (χ1n) is 5.50. The summed E-state index contributed by atoms with van der Waals surface area (Å²) in [7, 11) is 0. The third-order valence-electron chi connectivity index (χ3n) is 2.87. The fraction of sp³-hybridized carbons (Fsp3) is 0.455. The number of aromatic nitrogens is 3. The fourth-order valence-electron chi connectivity index (χ4n) is 2.10. The Hall–Kier alpha value is -1.23. The molecule has 1 aliphatic rings. The van der Waals surface area contributed by atoms with Gasteiger partial charge in [0.25, 0.3) is 5.56 Å². The van der Waals surface area contributed by atoms with Gasteiger partial charge in [-0.2, -0.15) is 16.9 Å². The first-order valence-corrected chi connectivity index (χ1v) is 6.65. The van der Waals surface area contributed by atoms with Crippen molar-refractivity contribution in [1.82, 2.24) is 14.6 Å². The number of hydrogen-bond acceptors (Lipinski definition) is 3. The van der Waals surface area contributed by atoms with E-state index in [1.54, 1.807) is 11.8 Å². The molecule has 3 heterocycles. The van der Waals surface area contributed by atoms with Gasteiger partial charge in [0.2, 0.25) is 0 Å². The van der Waals surface area contributed by atoms with Crippen molar-refractivity contribution in [3.8, 4) is 0 Å². The van der Waals surface area contributed by atoms with Gasteiger partial charge in [-0.1, -0.05) is 13.3 Å². The number of H-pyrrole nitrogens is 1. The normalized spacial score (nSPS) is 14.6. The predicted octanol–water partition coefficient (Wildman–Crippen LogP) is 1.72. The molecule has 0 aromatic carbocycles. The van der Waals surface area contributed by atoms with E-state index >= 15 is 0 Å². The van der Waals surface area contributed by atoms with Crippen LogP contribution in [-0.2, 0) is 17.9 Å². The number of rotatable bonds is 2. The van der Waals surface area contributed by atoms with Crippen LogP contribution in [0.3, 0.4) is 0 Å². The maximum absolute atomic E-state index is 11.8. The number of nitrogens with zero attached hydrogens (tertiary/aromatic N) is 2. The molecule has 3 rings (SSSR count). The molecule has 0 unspecified atom stereocenters. The molecule has 2 aromatic heterocycles. The van der Waals surface area contributed by atoms with Gasteiger partial charge in [-0.15, -0.1) is 0 Å². The summed E-state index contributed by atoms with van der Waals surface area (Å²) in [5.74, 6) is 1.70. The Morgan fingerprint density at radius 1 is 1.56 bits per heavy atom. The summed E-state index contributed by atoms with van der Waals surface area (Å²) in [4.78, 5) is 14.7. The Balaban J connectivity index is 2.27. The van der Waals surface area contributed by atoms with Crippen LogP contribution in [0.2, 0.25) is 0 Å². The molecule has 2 aromatic rings. The summed E-state index contributed by atoms with van der Waals surface area (Å²) in [6.07, 6.45) is 2.04. The lowest BCUT2D eigenvalue weighted by molar-refractivity contribution is 0.808. The minimum atomic E-state index is 0.0513. The van der Waals surface area contributed by atoms with E-state index < -0.39 is 0 Å². The van der Waals surface area contributed by atoms with Crippen LogP contribution < -0.4 is 5.56 Å². The predicted molar refractivity (Wildman–Crippen MR) is 64.8 cm³/mol. The summed E-state index contributed by atoms with van der Waals surface area (Å²) >= 11 is 1.77. The Bertz CT molecular complexity index is 599. The number of thioether (sulfide) groups is 1. The van der Waals surface area contributed by atoms with Gasteiger partial charge < -0.3 is 4.98 Å². The summed E-state index contributed by atoms with van der Waals surface area (Å²) in [6.45, 7) is 2.13. The number of aryl methyl sites for hydroxylation is 1. The molecule has 0 aliphatic carbocycles. The summed E-state index contributed by atoms with van der Waals surface area (Å²) < 4.78 is 1.90. The van der Waals surface area contributed by atoms with E-state index in [9.17, 15) is 4.79 Å². The highest BCUT2D eigenvalue weighted by molar-refractivity contribution is 7.98. The molecule has 0 saturated heterocycles. The highest BCUT2D eigenvalue weighted by Crippen LogP contribution is 2.27. The van der Waals surface area contributed by atoms with Crippen molar-refractivity contribution in [2.24, 2.45) is 0 Å². The van der Waals surface area contributed by atoms with E-state index in [4.69, 9.17) is 0 Å². The third kappa shape index (κ3) is 1.38. The first-order chi connectivity index (χ1) is 7.79. The Kier molecular flexibility index (Phi) is 2.28. The zero-order chi connectivity index (χ0) is 11.1. The summed E-state index contributed by atoms with van der Waals surface area (Å²) in [5.41, 5.74) is 3.91. The molecule has 0 spiro atoms. The Labute approximate surface area is 97.1 Å². The lowest BCUT2D eigenvalue weighted by atomic mass is 10.2. The molecule has 16 heavy (non-hydrogen) atoms. The fourth-order valence-corrected chi connectivity index (χ4v) is 3.19.